The number of benzene rings is 2. The molecule has 1 aliphatic rings. The Hall–Kier alpha value is -1.05. The summed E-state index contributed by atoms with van der Waals surface area (Å²) in [5, 5.41) is 3.53. The van der Waals surface area contributed by atoms with Crippen LogP contribution in [0.25, 0.3) is 20.2 Å². The second-order valence-corrected chi connectivity index (χ2v) is 6.16. The summed E-state index contributed by atoms with van der Waals surface area (Å²) in [6, 6.07) is 10.8. The van der Waals surface area contributed by atoms with Gasteiger partial charge in [-0.2, -0.15) is 0 Å². The molecule has 0 atom stereocenters. The Bertz CT molecular complexity index is 739. The van der Waals surface area contributed by atoms with E-state index in [0.717, 1.165) is 5.02 Å². The van der Waals surface area contributed by atoms with Crippen LogP contribution < -0.4 is 0 Å². The minimum Gasteiger partial charge on any atom is -0.135 e. The SMILES string of the molecule is Clc1ccc2sc3c4c(ccc3c2c1)CCC4. The highest BCUT2D eigenvalue weighted by molar-refractivity contribution is 7.26. The predicted octanol–water partition coefficient (Wildman–Crippen LogP) is 5.20. The molecule has 1 aliphatic carbocycles. The fourth-order valence-corrected chi connectivity index (χ4v) is 4.32. The van der Waals surface area contributed by atoms with Gasteiger partial charge in [0.15, 0.2) is 0 Å². The fraction of sp³-hybridized carbons (Fsp3) is 0.200. The first kappa shape index (κ1) is 9.93. The predicted molar refractivity (Wildman–Crippen MR) is 76.4 cm³/mol. The third-order valence-corrected chi connectivity index (χ3v) is 5.16. The summed E-state index contributed by atoms with van der Waals surface area (Å²) in [7, 11) is 0. The zero-order valence-corrected chi connectivity index (χ0v) is 10.9. The van der Waals surface area contributed by atoms with Crippen molar-refractivity contribution < 1.29 is 0 Å². The molecule has 0 bridgehead atoms. The van der Waals surface area contributed by atoms with Crippen LogP contribution in [0.4, 0.5) is 0 Å². The Morgan fingerprint density at radius 2 is 1.94 bits per heavy atom. The van der Waals surface area contributed by atoms with Gasteiger partial charge < -0.3 is 0 Å². The summed E-state index contributed by atoms with van der Waals surface area (Å²) in [5.74, 6) is 0. The molecule has 2 heteroatoms. The summed E-state index contributed by atoms with van der Waals surface area (Å²) in [4.78, 5) is 0. The second kappa shape index (κ2) is 3.47. The van der Waals surface area contributed by atoms with Gasteiger partial charge in [-0.3, -0.25) is 0 Å². The molecule has 0 saturated carbocycles. The lowest BCUT2D eigenvalue weighted by Gasteiger charge is -1.99. The van der Waals surface area contributed by atoms with Gasteiger partial charge in [0.25, 0.3) is 0 Å². The Kier molecular flexibility index (Phi) is 2.03. The third kappa shape index (κ3) is 1.36. The van der Waals surface area contributed by atoms with Gasteiger partial charge in [0.1, 0.15) is 0 Å². The molecule has 0 spiro atoms. The summed E-state index contributed by atoms with van der Waals surface area (Å²) in [6.45, 7) is 0. The van der Waals surface area contributed by atoms with E-state index in [1.54, 1.807) is 11.1 Å². The maximum atomic E-state index is 6.10. The van der Waals surface area contributed by atoms with Crippen LogP contribution >= 0.6 is 22.9 Å². The van der Waals surface area contributed by atoms with E-state index in [9.17, 15) is 0 Å². The largest absolute Gasteiger partial charge is 0.135 e. The minimum atomic E-state index is 0.831. The number of halogens is 1. The molecule has 17 heavy (non-hydrogen) atoms. The van der Waals surface area contributed by atoms with E-state index in [-0.39, 0.29) is 0 Å². The topological polar surface area (TPSA) is 0 Å². The van der Waals surface area contributed by atoms with Crippen LogP contribution in [-0.2, 0) is 12.8 Å². The average molecular weight is 259 g/mol. The van der Waals surface area contributed by atoms with Crippen molar-refractivity contribution in [2.75, 3.05) is 0 Å². The summed E-state index contributed by atoms with van der Waals surface area (Å²) < 4.78 is 2.84. The number of aryl methyl sites for hydroxylation is 2. The lowest BCUT2D eigenvalue weighted by molar-refractivity contribution is 0.914. The van der Waals surface area contributed by atoms with E-state index in [2.05, 4.69) is 24.3 Å². The highest BCUT2D eigenvalue weighted by atomic mass is 35.5. The molecule has 0 nitrogen and oxygen atoms in total. The van der Waals surface area contributed by atoms with Crippen molar-refractivity contribution in [2.24, 2.45) is 0 Å². The van der Waals surface area contributed by atoms with Crippen molar-refractivity contribution in [3.63, 3.8) is 0 Å². The minimum absolute atomic E-state index is 0.831. The van der Waals surface area contributed by atoms with Crippen LogP contribution in [0.5, 0.6) is 0 Å². The Balaban J connectivity index is 2.20. The van der Waals surface area contributed by atoms with E-state index in [1.807, 2.05) is 17.4 Å². The molecule has 1 heterocycles. The van der Waals surface area contributed by atoms with Gasteiger partial charge in [-0.05, 0) is 48.6 Å². The monoisotopic (exact) mass is 258 g/mol. The number of hydrogen-bond donors (Lipinski definition) is 0. The van der Waals surface area contributed by atoms with E-state index >= 15 is 0 Å². The van der Waals surface area contributed by atoms with Gasteiger partial charge in [-0.15, -0.1) is 11.3 Å². The van der Waals surface area contributed by atoms with Crippen LogP contribution in [0.2, 0.25) is 5.02 Å². The van der Waals surface area contributed by atoms with Crippen molar-refractivity contribution in [3.05, 3.63) is 46.5 Å². The molecule has 84 valence electrons. The van der Waals surface area contributed by atoms with Gasteiger partial charge in [-0.1, -0.05) is 23.7 Å². The molecular formula is C15H11ClS. The molecule has 0 saturated heterocycles. The maximum absolute atomic E-state index is 6.10. The molecule has 0 aliphatic heterocycles. The molecule has 0 N–H and O–H groups in total. The van der Waals surface area contributed by atoms with Crippen molar-refractivity contribution >= 4 is 43.1 Å². The van der Waals surface area contributed by atoms with Gasteiger partial charge >= 0.3 is 0 Å². The van der Waals surface area contributed by atoms with E-state index in [4.69, 9.17) is 11.6 Å². The first-order valence-corrected chi connectivity index (χ1v) is 7.15. The van der Waals surface area contributed by atoms with Crippen molar-refractivity contribution in [1.82, 2.24) is 0 Å². The number of thiophene rings is 1. The first-order chi connectivity index (χ1) is 8.33. The standard InChI is InChI=1S/C15H11ClS/c16-10-5-7-14-13(8-10)12-6-4-9-2-1-3-11(9)15(12)17-14/h4-8H,1-3H2. The zero-order chi connectivity index (χ0) is 11.4. The smallest absolute Gasteiger partial charge is 0.0413 e. The van der Waals surface area contributed by atoms with E-state index in [1.165, 1.54) is 39.4 Å². The second-order valence-electron chi connectivity index (χ2n) is 4.68. The Morgan fingerprint density at radius 3 is 2.88 bits per heavy atom. The average Bonchev–Trinajstić information content (AvgIpc) is 2.91. The van der Waals surface area contributed by atoms with Gasteiger partial charge in [0.2, 0.25) is 0 Å². The summed E-state index contributed by atoms with van der Waals surface area (Å²) >= 11 is 8.01. The Morgan fingerprint density at radius 1 is 1.00 bits per heavy atom. The molecule has 3 aromatic rings. The highest BCUT2D eigenvalue weighted by Crippen LogP contribution is 2.40. The van der Waals surface area contributed by atoms with E-state index < -0.39 is 0 Å². The van der Waals surface area contributed by atoms with Crippen LogP contribution in [0, 0.1) is 0 Å². The number of fused-ring (bicyclic) bond motifs is 5. The first-order valence-electron chi connectivity index (χ1n) is 5.95. The normalized spacial score (nSPS) is 14.6. The molecule has 2 aromatic carbocycles. The van der Waals surface area contributed by atoms with Gasteiger partial charge in [-0.25, -0.2) is 0 Å². The van der Waals surface area contributed by atoms with Crippen LogP contribution in [0.1, 0.15) is 17.5 Å². The lowest BCUT2D eigenvalue weighted by atomic mass is 10.1. The van der Waals surface area contributed by atoms with Crippen molar-refractivity contribution in [2.45, 2.75) is 19.3 Å². The maximum Gasteiger partial charge on any atom is 0.0413 e. The molecule has 0 radical (unpaired) electrons. The van der Waals surface area contributed by atoms with Crippen LogP contribution in [0.15, 0.2) is 30.3 Å². The molecule has 0 fully saturated rings. The molecule has 4 rings (SSSR count). The van der Waals surface area contributed by atoms with Crippen molar-refractivity contribution in [1.29, 1.82) is 0 Å². The molecular weight excluding hydrogens is 248 g/mol. The van der Waals surface area contributed by atoms with Crippen LogP contribution in [-0.4, -0.2) is 0 Å². The fourth-order valence-electron chi connectivity index (χ4n) is 2.87. The molecule has 0 unspecified atom stereocenters. The third-order valence-electron chi connectivity index (χ3n) is 3.67. The quantitative estimate of drug-likeness (QED) is 0.520. The lowest BCUT2D eigenvalue weighted by Crippen LogP contribution is -1.80. The van der Waals surface area contributed by atoms with Crippen molar-refractivity contribution in [3.8, 4) is 0 Å². The number of hydrogen-bond acceptors (Lipinski definition) is 1. The molecule has 1 aromatic heterocycles. The van der Waals surface area contributed by atoms with Gasteiger partial charge in [0.05, 0.1) is 0 Å². The molecule has 0 amide bonds. The number of rotatable bonds is 0. The highest BCUT2D eigenvalue weighted by Gasteiger charge is 2.16. The van der Waals surface area contributed by atoms with E-state index in [0.29, 0.717) is 0 Å². The Labute approximate surface area is 109 Å². The summed E-state index contributed by atoms with van der Waals surface area (Å²) in [5.41, 5.74) is 3.13. The summed E-state index contributed by atoms with van der Waals surface area (Å²) in [6.07, 6.45) is 3.80. The van der Waals surface area contributed by atoms with Crippen LogP contribution in [0.3, 0.4) is 0 Å². The zero-order valence-electron chi connectivity index (χ0n) is 9.29. The van der Waals surface area contributed by atoms with Gasteiger partial charge in [0, 0.05) is 25.2 Å².